The molecule has 6 nitrogen and oxygen atoms in total. The SMILES string of the molecule is COCCCOC(=O)CC(C)CC(=O)OCCCOC. The lowest BCUT2D eigenvalue weighted by Gasteiger charge is -2.11. The normalized spacial score (nSPS) is 10.6. The van der Waals surface area contributed by atoms with E-state index in [0.717, 1.165) is 0 Å². The lowest BCUT2D eigenvalue weighted by atomic mass is 10.0. The Balaban J connectivity index is 3.61. The van der Waals surface area contributed by atoms with Crippen LogP contribution in [0.5, 0.6) is 0 Å². The van der Waals surface area contributed by atoms with Crippen LogP contribution in [0, 0.1) is 5.92 Å². The second kappa shape index (κ2) is 12.9. The van der Waals surface area contributed by atoms with Crippen molar-refractivity contribution in [2.24, 2.45) is 5.92 Å². The fraction of sp³-hybridized carbons (Fsp3) is 0.857. The Morgan fingerprint density at radius 3 is 1.55 bits per heavy atom. The third-order valence-corrected chi connectivity index (χ3v) is 2.54. The second-order valence-electron chi connectivity index (χ2n) is 4.65. The maximum atomic E-state index is 11.5. The summed E-state index contributed by atoms with van der Waals surface area (Å²) >= 11 is 0. The average Bonchev–Trinajstić information content (AvgIpc) is 2.39. The fourth-order valence-electron chi connectivity index (χ4n) is 1.54. The molecule has 0 amide bonds. The minimum absolute atomic E-state index is 0.0835. The van der Waals surface area contributed by atoms with Gasteiger partial charge in [-0.1, -0.05) is 6.92 Å². The molecular formula is C14H26O6. The van der Waals surface area contributed by atoms with Gasteiger partial charge >= 0.3 is 11.9 Å². The third kappa shape index (κ3) is 11.9. The van der Waals surface area contributed by atoms with Crippen LogP contribution in [0.2, 0.25) is 0 Å². The molecule has 0 atom stereocenters. The van der Waals surface area contributed by atoms with Crippen LogP contribution in [0.25, 0.3) is 0 Å². The first-order valence-corrected chi connectivity index (χ1v) is 6.89. The molecule has 0 aromatic carbocycles. The monoisotopic (exact) mass is 290 g/mol. The standard InChI is InChI=1S/C14H26O6/c1-12(10-13(15)19-8-4-6-17-2)11-14(16)20-9-5-7-18-3/h12H,4-11H2,1-3H3. The minimum atomic E-state index is -0.291. The fourth-order valence-corrected chi connectivity index (χ4v) is 1.54. The zero-order valence-corrected chi connectivity index (χ0v) is 12.7. The van der Waals surface area contributed by atoms with Gasteiger partial charge in [0, 0.05) is 53.1 Å². The molecule has 0 rings (SSSR count). The molecule has 20 heavy (non-hydrogen) atoms. The lowest BCUT2D eigenvalue weighted by molar-refractivity contribution is -0.147. The summed E-state index contributed by atoms with van der Waals surface area (Å²) in [5.41, 5.74) is 0. The largest absolute Gasteiger partial charge is 0.466 e. The Bertz CT molecular complexity index is 240. The number of carbonyl (C=O) groups excluding carboxylic acids is 2. The van der Waals surface area contributed by atoms with Crippen LogP contribution < -0.4 is 0 Å². The molecular weight excluding hydrogens is 264 g/mol. The van der Waals surface area contributed by atoms with E-state index in [1.165, 1.54) is 0 Å². The Morgan fingerprint density at radius 2 is 1.20 bits per heavy atom. The van der Waals surface area contributed by atoms with Crippen molar-refractivity contribution >= 4 is 11.9 Å². The molecule has 0 aliphatic rings. The van der Waals surface area contributed by atoms with Gasteiger partial charge in [0.1, 0.15) is 0 Å². The zero-order chi connectivity index (χ0) is 15.2. The van der Waals surface area contributed by atoms with Crippen LogP contribution in [0.3, 0.4) is 0 Å². The van der Waals surface area contributed by atoms with E-state index in [-0.39, 0.29) is 30.7 Å². The molecule has 0 fully saturated rings. The maximum Gasteiger partial charge on any atom is 0.306 e. The van der Waals surface area contributed by atoms with Gasteiger partial charge in [0.05, 0.1) is 13.2 Å². The Labute approximate surface area is 120 Å². The van der Waals surface area contributed by atoms with Gasteiger partial charge < -0.3 is 18.9 Å². The van der Waals surface area contributed by atoms with Crippen LogP contribution in [-0.4, -0.2) is 52.6 Å². The van der Waals surface area contributed by atoms with E-state index in [0.29, 0.717) is 39.3 Å². The van der Waals surface area contributed by atoms with Gasteiger partial charge in [0.25, 0.3) is 0 Å². The average molecular weight is 290 g/mol. The van der Waals surface area contributed by atoms with Crippen molar-refractivity contribution in [3.05, 3.63) is 0 Å². The summed E-state index contributed by atoms with van der Waals surface area (Å²) in [6, 6.07) is 0. The summed E-state index contributed by atoms with van der Waals surface area (Å²) in [4.78, 5) is 22.9. The minimum Gasteiger partial charge on any atom is -0.466 e. The predicted octanol–water partition coefficient (Wildman–Crippen LogP) is 1.56. The van der Waals surface area contributed by atoms with Crippen molar-refractivity contribution in [3.63, 3.8) is 0 Å². The van der Waals surface area contributed by atoms with E-state index >= 15 is 0 Å². The molecule has 0 aromatic heterocycles. The van der Waals surface area contributed by atoms with Gasteiger partial charge in [-0.15, -0.1) is 0 Å². The summed E-state index contributed by atoms with van der Waals surface area (Å²) in [7, 11) is 3.20. The molecule has 118 valence electrons. The summed E-state index contributed by atoms with van der Waals surface area (Å²) in [6.07, 6.45) is 1.80. The molecule has 0 unspecified atom stereocenters. The van der Waals surface area contributed by atoms with Gasteiger partial charge in [-0.2, -0.15) is 0 Å². The van der Waals surface area contributed by atoms with Crippen LogP contribution in [-0.2, 0) is 28.5 Å². The Hall–Kier alpha value is -1.14. The molecule has 0 aromatic rings. The third-order valence-electron chi connectivity index (χ3n) is 2.54. The topological polar surface area (TPSA) is 71.1 Å². The van der Waals surface area contributed by atoms with Crippen molar-refractivity contribution in [2.45, 2.75) is 32.6 Å². The van der Waals surface area contributed by atoms with Crippen LogP contribution in [0.4, 0.5) is 0 Å². The number of hydrogen-bond acceptors (Lipinski definition) is 6. The van der Waals surface area contributed by atoms with Crippen molar-refractivity contribution < 1.29 is 28.5 Å². The predicted molar refractivity (Wildman–Crippen MR) is 73.3 cm³/mol. The molecule has 0 aliphatic carbocycles. The van der Waals surface area contributed by atoms with E-state index in [9.17, 15) is 9.59 Å². The van der Waals surface area contributed by atoms with Gasteiger partial charge in [0.15, 0.2) is 0 Å². The lowest BCUT2D eigenvalue weighted by Crippen LogP contribution is -2.16. The summed E-state index contributed by atoms with van der Waals surface area (Å²) in [6.45, 7) is 3.65. The maximum absolute atomic E-state index is 11.5. The number of methoxy groups -OCH3 is 2. The first-order valence-electron chi connectivity index (χ1n) is 6.89. The Kier molecular flexibility index (Phi) is 12.1. The van der Waals surface area contributed by atoms with Gasteiger partial charge in [-0.25, -0.2) is 0 Å². The molecule has 0 heterocycles. The van der Waals surface area contributed by atoms with Crippen molar-refractivity contribution in [2.75, 3.05) is 40.6 Å². The first-order chi connectivity index (χ1) is 9.60. The molecule has 0 aliphatic heterocycles. The van der Waals surface area contributed by atoms with Crippen LogP contribution >= 0.6 is 0 Å². The smallest absolute Gasteiger partial charge is 0.306 e. The van der Waals surface area contributed by atoms with Crippen molar-refractivity contribution in [3.8, 4) is 0 Å². The highest BCUT2D eigenvalue weighted by Gasteiger charge is 2.15. The highest BCUT2D eigenvalue weighted by atomic mass is 16.5. The Morgan fingerprint density at radius 1 is 0.800 bits per heavy atom. The highest BCUT2D eigenvalue weighted by Crippen LogP contribution is 2.10. The number of esters is 2. The molecule has 0 bridgehead atoms. The zero-order valence-electron chi connectivity index (χ0n) is 12.7. The summed E-state index contributed by atoms with van der Waals surface area (Å²) in [5, 5.41) is 0. The molecule has 0 N–H and O–H groups in total. The molecule has 0 radical (unpaired) electrons. The molecule has 0 saturated carbocycles. The second-order valence-corrected chi connectivity index (χ2v) is 4.65. The van der Waals surface area contributed by atoms with Crippen LogP contribution in [0.15, 0.2) is 0 Å². The first kappa shape index (κ1) is 18.9. The van der Waals surface area contributed by atoms with Gasteiger partial charge in [0.2, 0.25) is 0 Å². The molecule has 0 saturated heterocycles. The van der Waals surface area contributed by atoms with E-state index in [4.69, 9.17) is 18.9 Å². The molecule has 6 heteroatoms. The molecule has 0 spiro atoms. The van der Waals surface area contributed by atoms with Crippen molar-refractivity contribution in [1.82, 2.24) is 0 Å². The number of carbonyl (C=O) groups is 2. The van der Waals surface area contributed by atoms with Gasteiger partial charge in [-0.05, 0) is 5.92 Å². The van der Waals surface area contributed by atoms with Crippen molar-refractivity contribution in [1.29, 1.82) is 0 Å². The summed E-state index contributed by atoms with van der Waals surface area (Å²) in [5.74, 6) is -0.665. The van der Waals surface area contributed by atoms with E-state index in [1.807, 2.05) is 6.92 Å². The quantitative estimate of drug-likeness (QED) is 0.401. The van der Waals surface area contributed by atoms with E-state index < -0.39 is 0 Å². The van der Waals surface area contributed by atoms with E-state index in [2.05, 4.69) is 0 Å². The van der Waals surface area contributed by atoms with Crippen LogP contribution in [0.1, 0.15) is 32.6 Å². The van der Waals surface area contributed by atoms with Gasteiger partial charge in [-0.3, -0.25) is 9.59 Å². The number of hydrogen-bond donors (Lipinski definition) is 0. The number of rotatable bonds is 12. The highest BCUT2D eigenvalue weighted by molar-refractivity contribution is 5.73. The number of ether oxygens (including phenoxy) is 4. The van der Waals surface area contributed by atoms with E-state index in [1.54, 1.807) is 14.2 Å². The summed E-state index contributed by atoms with van der Waals surface area (Å²) < 4.78 is 19.7.